The number of carbonyl (C=O) groups is 4. The van der Waals surface area contributed by atoms with E-state index in [4.69, 9.17) is 18.9 Å². The Bertz CT molecular complexity index is 2400. The lowest BCUT2D eigenvalue weighted by Gasteiger charge is -2.13. The van der Waals surface area contributed by atoms with Crippen molar-refractivity contribution in [2.24, 2.45) is 0 Å². The zero-order valence-electron chi connectivity index (χ0n) is 32.6. The fraction of sp³-hybridized carbons (Fsp3) is 0.0833. The van der Waals surface area contributed by atoms with E-state index >= 15 is 0 Å². The van der Waals surface area contributed by atoms with E-state index in [1.807, 2.05) is 24.3 Å². The predicted molar refractivity (Wildman–Crippen MR) is 219 cm³/mol. The molecular formula is C48H32N4O8. The summed E-state index contributed by atoms with van der Waals surface area (Å²) in [5.74, 6) is -1.79. The fourth-order valence-corrected chi connectivity index (χ4v) is 6.14. The van der Waals surface area contributed by atoms with Gasteiger partial charge in [0.15, 0.2) is 0 Å². The number of carbonyl (C=O) groups excluding carboxylic acids is 4. The zero-order chi connectivity index (χ0) is 43.3. The van der Waals surface area contributed by atoms with Gasteiger partial charge in [-0.3, -0.25) is 0 Å². The topological polar surface area (TPSA) is 200 Å². The monoisotopic (exact) mass is 792 g/mol. The molecule has 0 amide bonds. The lowest BCUT2D eigenvalue weighted by atomic mass is 9.90. The molecule has 0 saturated carbocycles. The number of nitriles is 4. The number of benzene rings is 6. The summed E-state index contributed by atoms with van der Waals surface area (Å²) in [5, 5.41) is 37.8. The molecule has 0 spiro atoms. The highest BCUT2D eigenvalue weighted by molar-refractivity contribution is 5.94. The van der Waals surface area contributed by atoms with Gasteiger partial charge in [0.2, 0.25) is 0 Å². The Balaban J connectivity index is 0.000000228. The van der Waals surface area contributed by atoms with Crippen LogP contribution in [0.3, 0.4) is 0 Å². The summed E-state index contributed by atoms with van der Waals surface area (Å²) >= 11 is 0. The summed E-state index contributed by atoms with van der Waals surface area (Å²) < 4.78 is 18.9. The highest BCUT2D eigenvalue weighted by Crippen LogP contribution is 2.36. The minimum atomic E-state index is -0.447. The molecule has 0 aromatic heterocycles. The van der Waals surface area contributed by atoms with Crippen LogP contribution in [0.4, 0.5) is 0 Å². The molecule has 0 aliphatic rings. The molecule has 0 N–H and O–H groups in total. The molecule has 0 fully saturated rings. The quantitative estimate of drug-likeness (QED) is 0.105. The Morgan fingerprint density at radius 3 is 0.633 bits per heavy atom. The molecule has 0 bridgehead atoms. The molecule has 12 nitrogen and oxygen atoms in total. The van der Waals surface area contributed by atoms with Crippen LogP contribution < -0.4 is 0 Å². The third-order valence-electron chi connectivity index (χ3n) is 9.27. The molecular weight excluding hydrogens is 761 g/mol. The van der Waals surface area contributed by atoms with E-state index in [2.05, 4.69) is 0 Å². The van der Waals surface area contributed by atoms with Crippen molar-refractivity contribution >= 4 is 23.9 Å². The first-order valence-electron chi connectivity index (χ1n) is 17.8. The maximum atomic E-state index is 11.7. The molecule has 12 heteroatoms. The molecule has 292 valence electrons. The largest absolute Gasteiger partial charge is 0.465 e. The molecule has 0 atom stereocenters. The van der Waals surface area contributed by atoms with Crippen molar-refractivity contribution in [3.8, 4) is 68.8 Å². The van der Waals surface area contributed by atoms with Gasteiger partial charge in [0.05, 0.1) is 72.9 Å². The van der Waals surface area contributed by atoms with Gasteiger partial charge in [-0.1, -0.05) is 48.5 Å². The molecule has 0 aliphatic heterocycles. The van der Waals surface area contributed by atoms with E-state index in [1.54, 1.807) is 121 Å². The number of hydrogen-bond acceptors (Lipinski definition) is 12. The maximum Gasteiger partial charge on any atom is 0.337 e. The van der Waals surface area contributed by atoms with Crippen LogP contribution >= 0.6 is 0 Å². The van der Waals surface area contributed by atoms with Crippen LogP contribution in [0.5, 0.6) is 0 Å². The molecule has 0 unspecified atom stereocenters. The second-order valence-electron chi connectivity index (χ2n) is 12.6. The Hall–Kier alpha value is -8.84. The maximum absolute atomic E-state index is 11.7. The Kier molecular flexibility index (Phi) is 13.6. The van der Waals surface area contributed by atoms with Gasteiger partial charge >= 0.3 is 23.9 Å². The summed E-state index contributed by atoms with van der Waals surface area (Å²) in [6.07, 6.45) is 0. The van der Waals surface area contributed by atoms with Gasteiger partial charge in [0.25, 0.3) is 0 Å². The zero-order valence-corrected chi connectivity index (χ0v) is 32.6. The minimum absolute atomic E-state index is 0.250. The van der Waals surface area contributed by atoms with Crippen LogP contribution in [0.2, 0.25) is 0 Å². The van der Waals surface area contributed by atoms with Gasteiger partial charge in [-0.2, -0.15) is 21.0 Å². The van der Waals surface area contributed by atoms with Crippen molar-refractivity contribution in [2.75, 3.05) is 28.4 Å². The average molecular weight is 793 g/mol. The van der Waals surface area contributed by atoms with Gasteiger partial charge in [-0.15, -0.1) is 0 Å². The first kappa shape index (κ1) is 42.3. The number of esters is 4. The van der Waals surface area contributed by atoms with E-state index in [1.165, 1.54) is 28.4 Å². The smallest absolute Gasteiger partial charge is 0.337 e. The predicted octanol–water partition coefficient (Wildman–Crippen LogP) is 8.67. The first-order valence-corrected chi connectivity index (χ1v) is 17.8. The fourth-order valence-electron chi connectivity index (χ4n) is 6.14. The number of nitrogens with zero attached hydrogens (tertiary/aromatic N) is 4. The van der Waals surface area contributed by atoms with Crippen LogP contribution in [-0.4, -0.2) is 52.3 Å². The first-order chi connectivity index (χ1) is 29.0. The van der Waals surface area contributed by atoms with Gasteiger partial charge < -0.3 is 18.9 Å². The molecule has 0 saturated heterocycles. The van der Waals surface area contributed by atoms with Crippen LogP contribution in [0, 0.1) is 45.3 Å². The average Bonchev–Trinajstić information content (AvgIpc) is 3.32. The molecule has 0 aliphatic carbocycles. The van der Waals surface area contributed by atoms with Crippen LogP contribution in [0.1, 0.15) is 63.7 Å². The lowest BCUT2D eigenvalue weighted by molar-refractivity contribution is 0.0592. The normalized spacial score (nSPS) is 9.87. The molecule has 6 rings (SSSR count). The van der Waals surface area contributed by atoms with Crippen molar-refractivity contribution in [1.29, 1.82) is 21.0 Å². The highest BCUT2D eigenvalue weighted by atomic mass is 16.5. The van der Waals surface area contributed by atoms with Crippen LogP contribution in [0.15, 0.2) is 121 Å². The molecule has 6 aromatic rings. The van der Waals surface area contributed by atoms with Crippen molar-refractivity contribution in [3.05, 3.63) is 166 Å². The Morgan fingerprint density at radius 1 is 0.333 bits per heavy atom. The van der Waals surface area contributed by atoms with E-state index in [0.717, 1.165) is 22.3 Å². The van der Waals surface area contributed by atoms with Crippen LogP contribution in [0.25, 0.3) is 44.5 Å². The third kappa shape index (κ3) is 9.23. The summed E-state index contributed by atoms with van der Waals surface area (Å²) in [4.78, 5) is 46.8. The van der Waals surface area contributed by atoms with E-state index in [-0.39, 0.29) is 22.3 Å². The molecule has 0 radical (unpaired) electrons. The van der Waals surface area contributed by atoms with Crippen LogP contribution in [-0.2, 0) is 18.9 Å². The standard InChI is InChI=1S/2C24H16N2O4/c2*1-29-23(27)17-7-3-15(4-8-17)21-11-19(13-25)20(14-26)12-22(21)16-5-9-18(10-6-16)24(28)30-2/h2*3-12H,1-2H3. The number of ether oxygens (including phenoxy) is 4. The molecule has 60 heavy (non-hydrogen) atoms. The van der Waals surface area contributed by atoms with Gasteiger partial charge in [0, 0.05) is 0 Å². The molecule has 6 aromatic carbocycles. The van der Waals surface area contributed by atoms with Gasteiger partial charge in [-0.25, -0.2) is 19.2 Å². The Labute approximate surface area is 345 Å². The second-order valence-corrected chi connectivity index (χ2v) is 12.6. The summed E-state index contributed by atoms with van der Waals surface area (Å²) in [5.41, 5.74) is 8.51. The van der Waals surface area contributed by atoms with Crippen molar-refractivity contribution in [1.82, 2.24) is 0 Å². The number of rotatable bonds is 8. The van der Waals surface area contributed by atoms with E-state index in [0.29, 0.717) is 44.5 Å². The van der Waals surface area contributed by atoms with Gasteiger partial charge in [0.1, 0.15) is 24.3 Å². The summed E-state index contributed by atoms with van der Waals surface area (Å²) in [6.45, 7) is 0. The van der Waals surface area contributed by atoms with Crippen molar-refractivity contribution < 1.29 is 38.1 Å². The summed E-state index contributed by atoms with van der Waals surface area (Å²) in [6, 6.07) is 41.9. The van der Waals surface area contributed by atoms with E-state index in [9.17, 15) is 40.2 Å². The Morgan fingerprint density at radius 2 is 0.500 bits per heavy atom. The second kappa shape index (κ2) is 19.3. The van der Waals surface area contributed by atoms with E-state index < -0.39 is 23.9 Å². The minimum Gasteiger partial charge on any atom is -0.465 e. The van der Waals surface area contributed by atoms with Gasteiger partial charge in [-0.05, 0) is 117 Å². The SMILES string of the molecule is COC(=O)c1ccc(-c2cc(C#N)c(C#N)cc2-c2ccc(C(=O)OC)cc2)cc1.COC(=O)c1ccc(-c2cc(C#N)c(C#N)cc2-c2ccc(C(=O)OC)cc2)cc1. The molecule has 0 heterocycles. The summed E-state index contributed by atoms with van der Waals surface area (Å²) in [7, 11) is 5.25. The number of hydrogen-bond donors (Lipinski definition) is 0. The van der Waals surface area contributed by atoms with Crippen molar-refractivity contribution in [3.63, 3.8) is 0 Å². The van der Waals surface area contributed by atoms with Crippen molar-refractivity contribution in [2.45, 2.75) is 0 Å². The number of methoxy groups -OCH3 is 4. The highest BCUT2D eigenvalue weighted by Gasteiger charge is 2.17. The lowest BCUT2D eigenvalue weighted by Crippen LogP contribution is -2.01. The third-order valence-corrected chi connectivity index (χ3v) is 9.27.